The molecule has 134 valence electrons. The van der Waals surface area contributed by atoms with E-state index in [0.717, 1.165) is 25.7 Å². The second-order valence-electron chi connectivity index (χ2n) is 4.60. The molecule has 0 aliphatic rings. The maximum atomic E-state index is 9.62. The lowest BCUT2D eigenvalue weighted by Crippen LogP contribution is -2.06. The van der Waals surface area contributed by atoms with Crippen LogP contribution in [0, 0.1) is 0 Å². The molecule has 4 N–H and O–H groups in total. The SMILES string of the molecule is CC(S)C(=O)O.CC(S)C(=O)O.OCCCCCCCCO. The van der Waals surface area contributed by atoms with Gasteiger partial charge in [-0.15, -0.1) is 0 Å². The molecule has 0 aliphatic heterocycles. The van der Waals surface area contributed by atoms with E-state index in [1.54, 1.807) is 0 Å². The van der Waals surface area contributed by atoms with Gasteiger partial charge in [0.2, 0.25) is 0 Å². The van der Waals surface area contributed by atoms with Gasteiger partial charge in [0.1, 0.15) is 0 Å². The predicted molar refractivity (Wildman–Crippen MR) is 94.0 cm³/mol. The first-order valence-corrected chi connectivity index (χ1v) is 8.27. The summed E-state index contributed by atoms with van der Waals surface area (Å²) >= 11 is 7.19. The molecule has 0 aliphatic carbocycles. The quantitative estimate of drug-likeness (QED) is 0.278. The van der Waals surface area contributed by atoms with Crippen molar-refractivity contribution in [3.05, 3.63) is 0 Å². The van der Waals surface area contributed by atoms with Crippen LogP contribution >= 0.6 is 25.3 Å². The van der Waals surface area contributed by atoms with Crippen LogP contribution in [0.4, 0.5) is 0 Å². The highest BCUT2D eigenvalue weighted by atomic mass is 32.1. The average Bonchev–Trinajstić information content (AvgIpc) is 2.44. The monoisotopic (exact) mass is 358 g/mol. The summed E-state index contributed by atoms with van der Waals surface area (Å²) < 4.78 is 0. The Balaban J connectivity index is -0.000000261. The molecule has 0 rings (SSSR count). The lowest BCUT2D eigenvalue weighted by Gasteiger charge is -1.97. The van der Waals surface area contributed by atoms with E-state index in [9.17, 15) is 9.59 Å². The fourth-order valence-corrected chi connectivity index (χ4v) is 0.931. The molecule has 6 nitrogen and oxygen atoms in total. The normalized spacial score (nSPS) is 12.1. The standard InChI is InChI=1S/C8H18O2.2C3H6O2S/c9-7-5-3-1-2-4-6-8-10;2*1-2(6)3(4)5/h9-10H,1-8H2;2*2,6H,1H3,(H,4,5). The van der Waals surface area contributed by atoms with Crippen LogP contribution in [0.15, 0.2) is 0 Å². The van der Waals surface area contributed by atoms with Crippen LogP contribution in [0.25, 0.3) is 0 Å². The van der Waals surface area contributed by atoms with Crippen LogP contribution in [0.5, 0.6) is 0 Å². The Morgan fingerprint density at radius 3 is 1.05 bits per heavy atom. The summed E-state index contributed by atoms with van der Waals surface area (Å²) in [5.74, 6) is -1.75. The first kappa shape index (κ1) is 26.5. The molecule has 2 atom stereocenters. The van der Waals surface area contributed by atoms with Gasteiger partial charge in [0.15, 0.2) is 0 Å². The summed E-state index contributed by atoms with van der Waals surface area (Å²) in [4.78, 5) is 19.2. The zero-order valence-electron chi connectivity index (χ0n) is 13.3. The third kappa shape index (κ3) is 31.8. The number of hydrogen-bond donors (Lipinski definition) is 6. The molecule has 0 heterocycles. The molecular weight excluding hydrogens is 328 g/mol. The van der Waals surface area contributed by atoms with Crippen molar-refractivity contribution < 1.29 is 30.0 Å². The van der Waals surface area contributed by atoms with Gasteiger partial charge in [-0.25, -0.2) is 0 Å². The zero-order chi connectivity index (χ0) is 18.0. The summed E-state index contributed by atoms with van der Waals surface area (Å²) in [6.07, 6.45) is 6.50. The van der Waals surface area contributed by atoms with E-state index < -0.39 is 22.4 Å². The van der Waals surface area contributed by atoms with E-state index in [2.05, 4.69) is 25.3 Å². The minimum atomic E-state index is -0.877. The number of thiol groups is 2. The molecule has 0 fully saturated rings. The number of unbranched alkanes of at least 4 members (excludes halogenated alkanes) is 5. The lowest BCUT2D eigenvalue weighted by atomic mass is 10.1. The van der Waals surface area contributed by atoms with Gasteiger partial charge in [0, 0.05) is 13.2 Å². The van der Waals surface area contributed by atoms with Gasteiger partial charge in [0.25, 0.3) is 0 Å². The van der Waals surface area contributed by atoms with Crippen LogP contribution < -0.4 is 0 Å². The van der Waals surface area contributed by atoms with Crippen molar-refractivity contribution in [3.8, 4) is 0 Å². The highest BCUT2D eigenvalue weighted by molar-refractivity contribution is 7.81. The second kappa shape index (κ2) is 20.6. The minimum absolute atomic E-state index is 0.319. The summed E-state index contributed by atoms with van der Waals surface area (Å²) in [6.45, 7) is 3.65. The Morgan fingerprint density at radius 1 is 0.727 bits per heavy atom. The number of aliphatic hydroxyl groups excluding tert-OH is 2. The molecule has 2 unspecified atom stereocenters. The van der Waals surface area contributed by atoms with E-state index >= 15 is 0 Å². The van der Waals surface area contributed by atoms with Crippen LogP contribution in [0.2, 0.25) is 0 Å². The Labute approximate surface area is 143 Å². The number of carbonyl (C=O) groups is 2. The number of aliphatic hydroxyl groups is 2. The third-order valence-corrected chi connectivity index (χ3v) is 2.72. The average molecular weight is 359 g/mol. The number of rotatable bonds is 9. The number of hydrogen-bond acceptors (Lipinski definition) is 6. The van der Waals surface area contributed by atoms with E-state index in [4.69, 9.17) is 20.4 Å². The van der Waals surface area contributed by atoms with Gasteiger partial charge in [0.05, 0.1) is 10.5 Å². The van der Waals surface area contributed by atoms with Crippen LogP contribution in [0.1, 0.15) is 52.4 Å². The Morgan fingerprint density at radius 2 is 0.909 bits per heavy atom. The third-order valence-electron chi connectivity index (χ3n) is 2.28. The summed E-state index contributed by atoms with van der Waals surface area (Å²) in [5, 5.41) is 31.6. The largest absolute Gasteiger partial charge is 0.480 e. The molecule has 0 aromatic carbocycles. The van der Waals surface area contributed by atoms with E-state index in [1.165, 1.54) is 26.7 Å². The van der Waals surface area contributed by atoms with Gasteiger partial charge in [-0.2, -0.15) is 25.3 Å². The van der Waals surface area contributed by atoms with E-state index in [-0.39, 0.29) is 0 Å². The van der Waals surface area contributed by atoms with Crippen molar-refractivity contribution in [1.82, 2.24) is 0 Å². The molecule has 22 heavy (non-hydrogen) atoms. The van der Waals surface area contributed by atoms with E-state index in [0.29, 0.717) is 13.2 Å². The first-order chi connectivity index (χ1) is 10.2. The summed E-state index contributed by atoms with van der Waals surface area (Å²) in [7, 11) is 0. The number of carboxylic acids is 2. The Bertz CT molecular complexity index is 234. The highest BCUT2D eigenvalue weighted by Crippen LogP contribution is 2.03. The first-order valence-electron chi connectivity index (χ1n) is 7.24. The van der Waals surface area contributed by atoms with Crippen molar-refractivity contribution in [1.29, 1.82) is 0 Å². The molecule has 0 aromatic heterocycles. The molecule has 0 radical (unpaired) electrons. The number of carboxylic acid groups (broad SMARTS) is 2. The molecular formula is C14H30O6S2. The number of aliphatic carboxylic acids is 2. The molecule has 0 saturated heterocycles. The Kier molecular flexibility index (Phi) is 24.7. The van der Waals surface area contributed by atoms with Gasteiger partial charge in [-0.3, -0.25) is 9.59 Å². The Hall–Kier alpha value is -0.440. The van der Waals surface area contributed by atoms with Gasteiger partial charge in [-0.1, -0.05) is 25.7 Å². The van der Waals surface area contributed by atoms with Gasteiger partial charge in [-0.05, 0) is 26.7 Å². The molecule has 8 heteroatoms. The van der Waals surface area contributed by atoms with Crippen LogP contribution in [0.3, 0.4) is 0 Å². The molecule has 0 bridgehead atoms. The maximum Gasteiger partial charge on any atom is 0.316 e. The molecule has 0 aromatic rings. The van der Waals surface area contributed by atoms with Crippen molar-refractivity contribution in [2.24, 2.45) is 0 Å². The van der Waals surface area contributed by atoms with Gasteiger partial charge >= 0.3 is 11.9 Å². The van der Waals surface area contributed by atoms with Crippen molar-refractivity contribution >= 4 is 37.2 Å². The van der Waals surface area contributed by atoms with Crippen LogP contribution in [-0.2, 0) is 9.59 Å². The van der Waals surface area contributed by atoms with Crippen molar-refractivity contribution in [3.63, 3.8) is 0 Å². The lowest BCUT2D eigenvalue weighted by molar-refractivity contribution is -0.137. The zero-order valence-corrected chi connectivity index (χ0v) is 15.1. The van der Waals surface area contributed by atoms with E-state index in [1.807, 2.05) is 0 Å². The fourth-order valence-electron chi connectivity index (χ4n) is 0.931. The second-order valence-corrected chi connectivity index (χ2v) is 6.15. The molecule has 0 amide bonds. The minimum Gasteiger partial charge on any atom is -0.480 e. The highest BCUT2D eigenvalue weighted by Gasteiger charge is 2.00. The molecule has 0 saturated carbocycles. The van der Waals surface area contributed by atoms with Gasteiger partial charge < -0.3 is 20.4 Å². The van der Waals surface area contributed by atoms with Crippen molar-refractivity contribution in [2.45, 2.75) is 62.9 Å². The predicted octanol–water partition coefficient (Wildman–Crippen LogP) is 2.09. The smallest absolute Gasteiger partial charge is 0.316 e. The summed E-state index contributed by atoms with van der Waals surface area (Å²) in [6, 6.07) is 0. The fraction of sp³-hybridized carbons (Fsp3) is 0.857. The topological polar surface area (TPSA) is 115 Å². The summed E-state index contributed by atoms with van der Waals surface area (Å²) in [5.41, 5.74) is 0. The maximum absolute atomic E-state index is 9.62. The van der Waals surface area contributed by atoms with Crippen LogP contribution in [-0.4, -0.2) is 56.1 Å². The van der Waals surface area contributed by atoms with Crippen molar-refractivity contribution in [2.75, 3.05) is 13.2 Å². The molecule has 0 spiro atoms.